The van der Waals surface area contributed by atoms with Crippen LogP contribution in [0.4, 0.5) is 13.9 Å². The number of nitrogens with zero attached hydrogens (tertiary/aromatic N) is 4. The van der Waals surface area contributed by atoms with Gasteiger partial charge in [0, 0.05) is 50.0 Å². The lowest BCUT2D eigenvalue weighted by Gasteiger charge is -2.35. The number of amides is 4. The molecule has 2 fully saturated rings. The number of hydrogen-bond donors (Lipinski definition) is 4. The van der Waals surface area contributed by atoms with Crippen molar-refractivity contribution < 1.29 is 42.5 Å². The lowest BCUT2D eigenvalue weighted by atomic mass is 9.85. The molecule has 4 amide bonds. The van der Waals surface area contributed by atoms with Gasteiger partial charge in [-0.15, -0.1) is 22.7 Å². The summed E-state index contributed by atoms with van der Waals surface area (Å²) < 4.78 is 40.1. The molecule has 0 unspecified atom stereocenters. The van der Waals surface area contributed by atoms with E-state index in [9.17, 15) is 33.1 Å². The van der Waals surface area contributed by atoms with Crippen LogP contribution in [0.15, 0.2) is 47.3 Å². The summed E-state index contributed by atoms with van der Waals surface area (Å²) in [5, 5.41) is 21.7. The van der Waals surface area contributed by atoms with E-state index in [2.05, 4.69) is 30.8 Å². The van der Waals surface area contributed by atoms with Gasteiger partial charge in [0.2, 0.25) is 23.5 Å². The fourth-order valence-corrected chi connectivity index (χ4v) is 9.11. The Balaban J connectivity index is 0.940. The maximum absolute atomic E-state index is 14.9. The molecule has 2 aromatic heterocycles. The molecule has 0 spiro atoms. The van der Waals surface area contributed by atoms with Crippen molar-refractivity contribution in [2.24, 2.45) is 5.41 Å². The predicted octanol–water partition coefficient (Wildman–Crippen LogP) is 5.78. The lowest BCUT2D eigenvalue weighted by Crippen LogP contribution is -2.57. The zero-order chi connectivity index (χ0) is 44.6. The van der Waals surface area contributed by atoms with Crippen LogP contribution in [0.5, 0.6) is 5.75 Å². The Kier molecular flexibility index (Phi) is 15.7. The van der Waals surface area contributed by atoms with E-state index >= 15 is 0 Å². The van der Waals surface area contributed by atoms with Gasteiger partial charge in [-0.1, -0.05) is 51.5 Å². The minimum atomic E-state index is -1.21. The number of aliphatic hydroxyl groups is 1. The van der Waals surface area contributed by atoms with Gasteiger partial charge in [0.05, 0.1) is 47.1 Å². The van der Waals surface area contributed by atoms with Gasteiger partial charge < -0.3 is 40.3 Å². The first-order valence-electron chi connectivity index (χ1n) is 20.9. The Hall–Kier alpha value is -5.04. The van der Waals surface area contributed by atoms with Gasteiger partial charge in [-0.05, 0) is 55.4 Å². The number of ether oxygens (including phenoxy) is 2. The number of unbranched alkanes of at least 4 members (excludes halogenated alkanes) is 2. The number of morpholine rings is 1. The van der Waals surface area contributed by atoms with Crippen LogP contribution in [0, 0.1) is 24.0 Å². The number of rotatable bonds is 17. The molecule has 14 nitrogen and oxygen atoms in total. The maximum Gasteiger partial charge on any atom is 0.257 e. The number of carbonyl (C=O) groups is 4. The second kappa shape index (κ2) is 20.9. The highest BCUT2D eigenvalue weighted by molar-refractivity contribution is 7.14. The first kappa shape index (κ1) is 46.5. The molecule has 6 rings (SSSR count). The lowest BCUT2D eigenvalue weighted by molar-refractivity contribution is -0.144. The second-order valence-corrected chi connectivity index (χ2v) is 18.4. The zero-order valence-corrected chi connectivity index (χ0v) is 37.3. The van der Waals surface area contributed by atoms with Crippen molar-refractivity contribution in [3.05, 3.63) is 70.2 Å². The van der Waals surface area contributed by atoms with Gasteiger partial charge in [-0.25, -0.2) is 14.4 Å². The Morgan fingerprint density at radius 2 is 1.74 bits per heavy atom. The highest BCUT2D eigenvalue weighted by atomic mass is 32.1. The van der Waals surface area contributed by atoms with Crippen LogP contribution in [-0.4, -0.2) is 108 Å². The molecule has 2 aromatic carbocycles. The van der Waals surface area contributed by atoms with Gasteiger partial charge in [-0.2, -0.15) is 4.39 Å². The number of likely N-dealkylation sites (tertiary alicyclic amines) is 1. The third kappa shape index (κ3) is 11.7. The number of aromatic nitrogens is 2. The van der Waals surface area contributed by atoms with Crippen molar-refractivity contribution in [1.82, 2.24) is 30.8 Å². The Morgan fingerprint density at radius 1 is 1.00 bits per heavy atom. The van der Waals surface area contributed by atoms with Crippen LogP contribution in [-0.2, 0) is 23.9 Å². The number of β-amino-alcohol motifs (C(OH)–C–C–N with tert-alkyl or cyclic N) is 1. The Morgan fingerprint density at radius 3 is 2.44 bits per heavy atom. The van der Waals surface area contributed by atoms with Crippen molar-refractivity contribution in [1.29, 1.82) is 0 Å². The fraction of sp³-hybridized carbons (Fsp3) is 0.500. The number of anilines is 1. The van der Waals surface area contributed by atoms with E-state index in [1.54, 1.807) is 22.2 Å². The van der Waals surface area contributed by atoms with Crippen LogP contribution in [0.3, 0.4) is 0 Å². The molecular weight excluding hydrogens is 841 g/mol. The number of aryl methyl sites for hydroxylation is 1. The first-order valence-corrected chi connectivity index (χ1v) is 22.6. The van der Waals surface area contributed by atoms with Gasteiger partial charge in [-0.3, -0.25) is 19.2 Å². The van der Waals surface area contributed by atoms with Crippen molar-refractivity contribution in [3.63, 3.8) is 0 Å². The number of hydrogen-bond acceptors (Lipinski definition) is 12. The predicted molar refractivity (Wildman–Crippen MR) is 234 cm³/mol. The third-order valence-corrected chi connectivity index (χ3v) is 12.8. The molecule has 2 aliphatic heterocycles. The number of aliphatic hydroxyl groups excluding tert-OH is 1. The van der Waals surface area contributed by atoms with Crippen molar-refractivity contribution >= 4 is 51.4 Å². The minimum absolute atomic E-state index is 0.0340. The molecule has 4 heterocycles. The average Bonchev–Trinajstić information content (AvgIpc) is 4.01. The highest BCUT2D eigenvalue weighted by Crippen LogP contribution is 2.37. The molecule has 0 saturated carbocycles. The summed E-state index contributed by atoms with van der Waals surface area (Å²) in [5.41, 5.74) is 4.60. The van der Waals surface area contributed by atoms with Crippen LogP contribution in [0.1, 0.15) is 77.1 Å². The van der Waals surface area contributed by atoms with Crippen molar-refractivity contribution in [2.75, 3.05) is 50.9 Å². The molecular formula is C44H55F2N7O7S2. The van der Waals surface area contributed by atoms with Crippen molar-refractivity contribution in [2.45, 2.75) is 91.0 Å². The molecule has 4 aromatic rings. The summed E-state index contributed by atoms with van der Waals surface area (Å²) >= 11 is 2.93. The van der Waals surface area contributed by atoms with Gasteiger partial charge in [0.1, 0.15) is 12.1 Å². The van der Waals surface area contributed by atoms with E-state index in [1.165, 1.54) is 22.3 Å². The summed E-state index contributed by atoms with van der Waals surface area (Å²) in [4.78, 5) is 66.9. The molecule has 2 saturated heterocycles. The SMILES string of the molecule is Cc1ncsc1-c1ccc([C@H](C)NC(=O)[C@@H]2C[C@@H](O)CN2C(=O)[C@@H](NC(=O)CCCCCNC(=O)COc2c(-c3csc(N4CCOCC4)n3)ccc(F)c2F)C(C)(C)C)cc1. The quantitative estimate of drug-likeness (QED) is 0.0952. The smallest absolute Gasteiger partial charge is 0.257 e. The molecule has 0 bridgehead atoms. The van der Waals surface area contributed by atoms with E-state index in [0.29, 0.717) is 51.3 Å². The van der Waals surface area contributed by atoms with E-state index in [0.717, 1.165) is 32.9 Å². The molecule has 18 heteroatoms. The van der Waals surface area contributed by atoms with Crippen LogP contribution >= 0.6 is 22.7 Å². The van der Waals surface area contributed by atoms with Gasteiger partial charge in [0.25, 0.3) is 5.91 Å². The van der Waals surface area contributed by atoms with Crippen LogP contribution in [0.25, 0.3) is 21.7 Å². The number of halogens is 2. The average molecular weight is 896 g/mol. The number of benzene rings is 2. The van der Waals surface area contributed by atoms with Crippen LogP contribution < -0.4 is 25.6 Å². The summed E-state index contributed by atoms with van der Waals surface area (Å²) in [7, 11) is 0. The normalized spacial score (nSPS) is 17.7. The van der Waals surface area contributed by atoms with Gasteiger partial charge in [0.15, 0.2) is 23.3 Å². The minimum Gasteiger partial charge on any atom is -0.480 e. The zero-order valence-electron chi connectivity index (χ0n) is 35.7. The van der Waals surface area contributed by atoms with E-state index in [4.69, 9.17) is 9.47 Å². The van der Waals surface area contributed by atoms with Gasteiger partial charge >= 0.3 is 0 Å². The largest absolute Gasteiger partial charge is 0.480 e. The monoisotopic (exact) mass is 895 g/mol. The second-order valence-electron chi connectivity index (χ2n) is 16.7. The first-order chi connectivity index (χ1) is 29.6. The number of thiazole rings is 2. The number of carbonyl (C=O) groups excluding carboxylic acids is 4. The Labute approximate surface area is 368 Å². The topological polar surface area (TPSA) is 175 Å². The molecule has 2 aliphatic rings. The highest BCUT2D eigenvalue weighted by Gasteiger charge is 2.44. The summed E-state index contributed by atoms with van der Waals surface area (Å²) in [5.74, 6) is -4.41. The fourth-order valence-electron chi connectivity index (χ4n) is 7.42. The molecule has 62 heavy (non-hydrogen) atoms. The number of nitrogens with one attached hydrogen (secondary N) is 3. The molecule has 4 N–H and O–H groups in total. The van der Waals surface area contributed by atoms with E-state index in [-0.39, 0.29) is 49.4 Å². The van der Waals surface area contributed by atoms with Crippen LogP contribution in [0.2, 0.25) is 0 Å². The summed E-state index contributed by atoms with van der Waals surface area (Å²) in [6, 6.07) is 8.01. The summed E-state index contributed by atoms with van der Waals surface area (Å²) in [6.07, 6.45) is 0.874. The standard InChI is InChI=1S/C44H55F2N7O7S2/c1-26(28-10-12-29(13-11-28)39-27(2)48-25-62-39)49-41(57)34-21-30(54)22-53(34)42(58)40(44(3,4)5)51-35(55)9-7-6-8-16-47-36(56)23-60-38-31(14-15-32(45)37(38)46)33-24-61-43(50-33)52-17-19-59-20-18-52/h10-15,24-26,30,34,40,54H,6-9,16-23H2,1-5H3,(H,47,56)(H,49,57)(H,51,55)/t26-,30+,34-,40+/m0/s1. The molecule has 4 atom stereocenters. The molecule has 0 aliphatic carbocycles. The summed E-state index contributed by atoms with van der Waals surface area (Å²) in [6.45, 7) is 11.5. The van der Waals surface area contributed by atoms with Crippen molar-refractivity contribution in [3.8, 4) is 27.4 Å². The molecule has 334 valence electrons. The third-order valence-electron chi connectivity index (χ3n) is 10.9. The van der Waals surface area contributed by atoms with E-state index < -0.39 is 59.4 Å². The molecule has 0 radical (unpaired) electrons. The maximum atomic E-state index is 14.9. The Bertz CT molecular complexity index is 2190. The van der Waals surface area contributed by atoms with E-state index in [1.807, 2.05) is 58.9 Å².